The highest BCUT2D eigenvalue weighted by atomic mass is 16.7. The fourth-order valence-corrected chi connectivity index (χ4v) is 5.02. The third kappa shape index (κ3) is 12.9. The largest absolute Gasteiger partial charge is 0.464 e. The first-order chi connectivity index (χ1) is 23.7. The van der Waals surface area contributed by atoms with Crippen molar-refractivity contribution in [1.29, 1.82) is 0 Å². The minimum absolute atomic E-state index is 0.00165. The Hall–Kier alpha value is -4.03. The first kappa shape index (κ1) is 36.8. The lowest BCUT2D eigenvalue weighted by Gasteiger charge is -2.34. The van der Waals surface area contributed by atoms with Crippen LogP contribution in [0.15, 0.2) is 97.1 Å². The van der Waals surface area contributed by atoms with Gasteiger partial charge in [-0.05, 0) is 28.8 Å². The number of amides is 1. The molecular formula is C38H48N2O8. The van der Waals surface area contributed by atoms with Crippen molar-refractivity contribution in [2.75, 3.05) is 93.6 Å². The lowest BCUT2D eigenvalue weighted by molar-refractivity contribution is -0.127. The van der Waals surface area contributed by atoms with E-state index in [9.17, 15) is 4.79 Å². The predicted octanol–water partition coefficient (Wildman–Crippen LogP) is 5.21. The average Bonchev–Trinajstić information content (AvgIpc) is 3.13. The summed E-state index contributed by atoms with van der Waals surface area (Å²) in [7, 11) is 3.23. The molecule has 0 spiro atoms. The SMILES string of the molecule is COCCOCOc1ccc(C=CC=CC(=O)N2CCN(CCOC(c3ccccc3)c3ccccc3)CC2)cc1OCOCCOC. The number of benzene rings is 3. The summed E-state index contributed by atoms with van der Waals surface area (Å²) in [4.78, 5) is 17.1. The zero-order chi connectivity index (χ0) is 33.7. The number of rotatable bonds is 21. The van der Waals surface area contributed by atoms with E-state index < -0.39 is 0 Å². The van der Waals surface area contributed by atoms with Crippen LogP contribution in [0.4, 0.5) is 0 Å². The molecule has 258 valence electrons. The standard InChI is InChI=1S/C38H48N2O8/c1-42-25-27-44-30-47-35-18-17-32(29-36(35)48-31-45-28-26-43-2)11-9-10-16-37(41)40-21-19-39(20-22-40)23-24-46-38(33-12-5-3-6-13-33)34-14-7-4-8-15-34/h3-18,29,38H,19-28,30-31H2,1-2H3. The monoisotopic (exact) mass is 660 g/mol. The van der Waals surface area contributed by atoms with E-state index in [1.165, 1.54) is 0 Å². The van der Waals surface area contributed by atoms with Gasteiger partial charge in [0.1, 0.15) is 6.10 Å². The molecule has 0 aliphatic carbocycles. The van der Waals surface area contributed by atoms with E-state index in [4.69, 9.17) is 33.2 Å². The highest BCUT2D eigenvalue weighted by Crippen LogP contribution is 2.29. The smallest absolute Gasteiger partial charge is 0.246 e. The maximum absolute atomic E-state index is 12.9. The Balaban J connectivity index is 1.22. The lowest BCUT2D eigenvalue weighted by Crippen LogP contribution is -2.49. The van der Waals surface area contributed by atoms with Gasteiger partial charge >= 0.3 is 0 Å². The van der Waals surface area contributed by atoms with Crippen LogP contribution in [0, 0.1) is 0 Å². The fraction of sp³-hybridized carbons (Fsp3) is 0.395. The Labute approximate surface area is 284 Å². The number of carbonyl (C=O) groups is 1. The number of allylic oxidation sites excluding steroid dienone is 2. The van der Waals surface area contributed by atoms with Crippen molar-refractivity contribution in [3.8, 4) is 11.5 Å². The zero-order valence-electron chi connectivity index (χ0n) is 28.0. The van der Waals surface area contributed by atoms with Crippen molar-refractivity contribution in [2.45, 2.75) is 6.10 Å². The molecule has 0 atom stereocenters. The van der Waals surface area contributed by atoms with Crippen LogP contribution in [0.2, 0.25) is 0 Å². The summed E-state index contributed by atoms with van der Waals surface area (Å²) in [6.07, 6.45) is 7.00. The first-order valence-corrected chi connectivity index (χ1v) is 16.3. The Morgan fingerprint density at radius 3 is 1.92 bits per heavy atom. The molecule has 0 aromatic heterocycles. The molecule has 0 unspecified atom stereocenters. The highest BCUT2D eigenvalue weighted by Gasteiger charge is 2.20. The van der Waals surface area contributed by atoms with Gasteiger partial charge in [-0.1, -0.05) is 85.0 Å². The third-order valence-corrected chi connectivity index (χ3v) is 7.65. The number of piperazine rings is 1. The van der Waals surface area contributed by atoms with Gasteiger partial charge in [0.15, 0.2) is 25.1 Å². The third-order valence-electron chi connectivity index (χ3n) is 7.65. The maximum Gasteiger partial charge on any atom is 0.246 e. The summed E-state index contributed by atoms with van der Waals surface area (Å²) >= 11 is 0. The molecule has 1 fully saturated rings. The van der Waals surface area contributed by atoms with Crippen molar-refractivity contribution in [2.24, 2.45) is 0 Å². The van der Waals surface area contributed by atoms with E-state index in [2.05, 4.69) is 29.2 Å². The molecule has 1 amide bonds. The van der Waals surface area contributed by atoms with Gasteiger partial charge in [-0.15, -0.1) is 0 Å². The molecule has 1 saturated heterocycles. The number of hydrogen-bond acceptors (Lipinski definition) is 9. The van der Waals surface area contributed by atoms with Crippen molar-refractivity contribution < 1.29 is 38.0 Å². The van der Waals surface area contributed by atoms with Crippen LogP contribution in [0.5, 0.6) is 11.5 Å². The highest BCUT2D eigenvalue weighted by molar-refractivity contribution is 5.88. The van der Waals surface area contributed by atoms with Crippen LogP contribution in [0.3, 0.4) is 0 Å². The molecule has 48 heavy (non-hydrogen) atoms. The number of ether oxygens (including phenoxy) is 7. The molecule has 1 heterocycles. The van der Waals surface area contributed by atoms with Crippen LogP contribution in [-0.2, 0) is 28.5 Å². The van der Waals surface area contributed by atoms with Crippen molar-refractivity contribution >= 4 is 12.0 Å². The summed E-state index contributed by atoms with van der Waals surface area (Å²) in [5.41, 5.74) is 3.16. The molecular weight excluding hydrogens is 612 g/mol. The van der Waals surface area contributed by atoms with Gasteiger partial charge in [-0.3, -0.25) is 9.69 Å². The molecule has 1 aliphatic rings. The van der Waals surface area contributed by atoms with Crippen LogP contribution < -0.4 is 9.47 Å². The van der Waals surface area contributed by atoms with E-state index in [1.807, 2.05) is 71.6 Å². The number of nitrogens with zero attached hydrogens (tertiary/aromatic N) is 2. The summed E-state index contributed by atoms with van der Waals surface area (Å²) < 4.78 is 38.8. The van der Waals surface area contributed by atoms with E-state index >= 15 is 0 Å². The molecule has 3 aromatic carbocycles. The van der Waals surface area contributed by atoms with Gasteiger partial charge in [-0.2, -0.15) is 0 Å². The fourth-order valence-electron chi connectivity index (χ4n) is 5.02. The predicted molar refractivity (Wildman–Crippen MR) is 185 cm³/mol. The lowest BCUT2D eigenvalue weighted by atomic mass is 10.0. The molecule has 10 heteroatoms. The summed E-state index contributed by atoms with van der Waals surface area (Å²) in [6, 6.07) is 26.2. The average molecular weight is 661 g/mol. The second-order valence-corrected chi connectivity index (χ2v) is 11.0. The van der Waals surface area contributed by atoms with Crippen molar-refractivity contribution in [3.05, 3.63) is 114 Å². The van der Waals surface area contributed by atoms with Crippen molar-refractivity contribution in [1.82, 2.24) is 9.80 Å². The van der Waals surface area contributed by atoms with Gasteiger partial charge in [-0.25, -0.2) is 0 Å². The Kier molecular flexibility index (Phi) is 16.7. The minimum atomic E-state index is -0.107. The zero-order valence-corrected chi connectivity index (χ0v) is 28.0. The number of carbonyl (C=O) groups excluding carboxylic acids is 1. The van der Waals surface area contributed by atoms with E-state index in [0.29, 0.717) is 57.6 Å². The summed E-state index contributed by atoms with van der Waals surface area (Å²) in [6.45, 7) is 6.31. The van der Waals surface area contributed by atoms with Crippen LogP contribution in [-0.4, -0.2) is 109 Å². The van der Waals surface area contributed by atoms with Gasteiger partial charge < -0.3 is 38.1 Å². The molecule has 1 aliphatic heterocycles. The second-order valence-electron chi connectivity index (χ2n) is 11.0. The normalized spacial score (nSPS) is 13.9. The molecule has 0 radical (unpaired) electrons. The summed E-state index contributed by atoms with van der Waals surface area (Å²) in [5, 5.41) is 0. The molecule has 10 nitrogen and oxygen atoms in total. The topological polar surface area (TPSA) is 88.2 Å². The summed E-state index contributed by atoms with van der Waals surface area (Å²) in [5.74, 6) is 1.05. The van der Waals surface area contributed by atoms with Crippen LogP contribution >= 0.6 is 0 Å². The maximum atomic E-state index is 12.9. The number of methoxy groups -OCH3 is 2. The quantitative estimate of drug-likeness (QED) is 0.0662. The van der Waals surface area contributed by atoms with Gasteiger partial charge in [0.25, 0.3) is 0 Å². The van der Waals surface area contributed by atoms with Gasteiger partial charge in [0, 0.05) is 53.0 Å². The Morgan fingerprint density at radius 1 is 0.708 bits per heavy atom. The van der Waals surface area contributed by atoms with Crippen LogP contribution in [0.1, 0.15) is 22.8 Å². The molecule has 0 N–H and O–H groups in total. The Morgan fingerprint density at radius 2 is 1.31 bits per heavy atom. The molecule has 0 bridgehead atoms. The molecule has 3 aromatic rings. The second kappa shape index (κ2) is 21.8. The number of hydrogen-bond donors (Lipinski definition) is 0. The Bertz CT molecular complexity index is 1340. The van der Waals surface area contributed by atoms with E-state index in [0.717, 1.165) is 36.3 Å². The van der Waals surface area contributed by atoms with E-state index in [1.54, 1.807) is 26.4 Å². The first-order valence-electron chi connectivity index (χ1n) is 16.3. The minimum Gasteiger partial charge on any atom is -0.464 e. The molecule has 4 rings (SSSR count). The van der Waals surface area contributed by atoms with E-state index in [-0.39, 0.29) is 25.6 Å². The van der Waals surface area contributed by atoms with Gasteiger partial charge in [0.2, 0.25) is 5.91 Å². The van der Waals surface area contributed by atoms with Crippen LogP contribution in [0.25, 0.3) is 6.08 Å². The molecule has 0 saturated carbocycles. The van der Waals surface area contributed by atoms with Crippen molar-refractivity contribution in [3.63, 3.8) is 0 Å². The van der Waals surface area contributed by atoms with Gasteiger partial charge in [0.05, 0.1) is 33.0 Å².